The summed E-state index contributed by atoms with van der Waals surface area (Å²) in [6.07, 6.45) is -3.97. The average Bonchev–Trinajstić information content (AvgIpc) is 3.45. The molecule has 0 amide bonds. The first-order chi connectivity index (χ1) is 24.6. The topological polar surface area (TPSA) is 205 Å². The number of ether oxygens (including phenoxy) is 5. The summed E-state index contributed by atoms with van der Waals surface area (Å²) in [5, 5.41) is 73.8. The Morgan fingerprint density at radius 2 is 1.65 bits per heavy atom. The van der Waals surface area contributed by atoms with Crippen molar-refractivity contribution in [2.75, 3.05) is 6.61 Å². The second-order valence-electron chi connectivity index (χ2n) is 17.5. The van der Waals surface area contributed by atoms with Crippen molar-refractivity contribution in [2.45, 2.75) is 159 Å². The van der Waals surface area contributed by atoms with Crippen molar-refractivity contribution in [1.29, 1.82) is 0 Å². The number of carbonyl (C=O) groups excluding carboxylic acids is 1. The standard InChI is InChI=1S/C39H60O13/c1-17(2)12-23-18(3)28-26(50-35(23)47)14-25-22-7-6-20-13-21(8-10-38(20,5)24(22)9-11-39(25,28)16-41)49-37-34(32(45)30(43)27(15-40)51-37)52-36-33(46)31(44)29(42)19(4)48-36/h6,12,16,18-19,21-37,40,42-47H,7-11,13-15H2,1-5H3/t18-,19-,21+,22-,23-,24+,25+,26+,27-,28+,29+,30-,31-,32+,33-,34-,35-,36+,37-,38+,39-/m1/s1. The molecule has 52 heavy (non-hydrogen) atoms. The number of carbonyl (C=O) groups is 1. The molecule has 0 aromatic rings. The van der Waals surface area contributed by atoms with Crippen LogP contribution < -0.4 is 0 Å². The predicted molar refractivity (Wildman–Crippen MR) is 184 cm³/mol. The Balaban J connectivity index is 1.08. The lowest BCUT2D eigenvalue weighted by Crippen LogP contribution is -2.64. The first-order valence-corrected chi connectivity index (χ1v) is 19.4. The van der Waals surface area contributed by atoms with E-state index < -0.39 is 79.7 Å². The van der Waals surface area contributed by atoms with Crippen LogP contribution in [0.2, 0.25) is 0 Å². The van der Waals surface area contributed by atoms with Gasteiger partial charge in [-0.25, -0.2) is 0 Å². The minimum absolute atomic E-state index is 0.0567. The van der Waals surface area contributed by atoms with E-state index in [4.69, 9.17) is 23.7 Å². The molecule has 0 aromatic heterocycles. The van der Waals surface area contributed by atoms with Crippen LogP contribution in [0.3, 0.4) is 0 Å². The largest absolute Gasteiger partial charge is 0.394 e. The minimum atomic E-state index is -1.64. The van der Waals surface area contributed by atoms with Crippen molar-refractivity contribution in [2.24, 2.45) is 46.3 Å². The number of hydrogen-bond acceptors (Lipinski definition) is 13. The molecule has 13 nitrogen and oxygen atoms in total. The summed E-state index contributed by atoms with van der Waals surface area (Å²) < 4.78 is 30.3. The van der Waals surface area contributed by atoms with Gasteiger partial charge in [0.15, 0.2) is 18.9 Å². The van der Waals surface area contributed by atoms with Crippen molar-refractivity contribution >= 4 is 6.29 Å². The molecule has 0 aromatic carbocycles. The molecule has 21 atom stereocenters. The normalized spacial score (nSPS) is 54.5. The van der Waals surface area contributed by atoms with Gasteiger partial charge in [0, 0.05) is 17.3 Å². The summed E-state index contributed by atoms with van der Waals surface area (Å²) in [6.45, 7) is 9.52. The summed E-state index contributed by atoms with van der Waals surface area (Å²) >= 11 is 0. The molecule has 0 unspecified atom stereocenters. The molecular weight excluding hydrogens is 676 g/mol. The molecule has 7 aliphatic rings. The molecule has 4 aliphatic carbocycles. The highest BCUT2D eigenvalue weighted by molar-refractivity contribution is 5.63. The molecule has 0 radical (unpaired) electrons. The third kappa shape index (κ3) is 6.28. The van der Waals surface area contributed by atoms with Gasteiger partial charge in [-0.15, -0.1) is 0 Å². The van der Waals surface area contributed by atoms with Gasteiger partial charge in [0.1, 0.15) is 49.0 Å². The highest BCUT2D eigenvalue weighted by atomic mass is 16.8. The van der Waals surface area contributed by atoms with Crippen LogP contribution in [0.4, 0.5) is 0 Å². The minimum Gasteiger partial charge on any atom is -0.394 e. The molecule has 3 heterocycles. The van der Waals surface area contributed by atoms with E-state index >= 15 is 0 Å². The van der Waals surface area contributed by atoms with E-state index in [1.54, 1.807) is 0 Å². The number of aldehydes is 1. The second kappa shape index (κ2) is 14.6. The predicted octanol–water partition coefficient (Wildman–Crippen LogP) is 1.33. The highest BCUT2D eigenvalue weighted by Crippen LogP contribution is 2.68. The quantitative estimate of drug-likeness (QED) is 0.146. The fourth-order valence-corrected chi connectivity index (χ4v) is 11.9. The molecule has 0 spiro atoms. The number of aliphatic hydroxyl groups is 7. The van der Waals surface area contributed by atoms with Crippen molar-refractivity contribution in [3.8, 4) is 0 Å². The molecule has 7 N–H and O–H groups in total. The van der Waals surface area contributed by atoms with Gasteiger partial charge >= 0.3 is 0 Å². The third-order valence-electron chi connectivity index (χ3n) is 14.6. The maximum atomic E-state index is 13.3. The van der Waals surface area contributed by atoms with Crippen LogP contribution in [0.15, 0.2) is 23.3 Å². The van der Waals surface area contributed by atoms with Gasteiger partial charge in [-0.1, -0.05) is 37.1 Å². The van der Waals surface area contributed by atoms with Crippen molar-refractivity contribution in [3.05, 3.63) is 23.3 Å². The van der Waals surface area contributed by atoms with E-state index in [9.17, 15) is 40.5 Å². The number of aliphatic hydroxyl groups excluding tert-OH is 7. The zero-order valence-corrected chi connectivity index (χ0v) is 30.9. The maximum absolute atomic E-state index is 13.3. The van der Waals surface area contributed by atoms with E-state index in [2.05, 4.69) is 26.0 Å². The molecule has 3 saturated heterocycles. The van der Waals surface area contributed by atoms with E-state index in [0.717, 1.165) is 37.7 Å². The van der Waals surface area contributed by atoms with Crippen LogP contribution in [0.5, 0.6) is 0 Å². The maximum Gasteiger partial charge on any atom is 0.187 e. The van der Waals surface area contributed by atoms with Gasteiger partial charge in [0.2, 0.25) is 0 Å². The molecule has 13 heteroatoms. The van der Waals surface area contributed by atoms with Crippen molar-refractivity contribution < 1.29 is 64.2 Å². The molecule has 294 valence electrons. The zero-order valence-electron chi connectivity index (χ0n) is 30.9. The van der Waals surface area contributed by atoms with E-state index in [0.29, 0.717) is 24.7 Å². The summed E-state index contributed by atoms with van der Waals surface area (Å²) in [7, 11) is 0. The smallest absolute Gasteiger partial charge is 0.187 e. The zero-order chi connectivity index (χ0) is 37.4. The Hall–Kier alpha value is -1.33. The van der Waals surface area contributed by atoms with Gasteiger partial charge < -0.3 is 64.2 Å². The van der Waals surface area contributed by atoms with Gasteiger partial charge in [-0.2, -0.15) is 0 Å². The number of fused-ring (bicyclic) bond motifs is 7. The first kappa shape index (κ1) is 38.9. The van der Waals surface area contributed by atoms with Crippen LogP contribution in [-0.2, 0) is 28.5 Å². The fraction of sp³-hybridized carbons (Fsp3) is 0.872. The summed E-state index contributed by atoms with van der Waals surface area (Å²) in [5.41, 5.74) is 1.82. The Morgan fingerprint density at radius 1 is 0.904 bits per heavy atom. The van der Waals surface area contributed by atoms with Crippen LogP contribution in [-0.4, -0.2) is 129 Å². The average molecular weight is 737 g/mol. The van der Waals surface area contributed by atoms with Gasteiger partial charge in [0.25, 0.3) is 0 Å². The fourth-order valence-electron chi connectivity index (χ4n) is 11.9. The Morgan fingerprint density at radius 3 is 2.35 bits per heavy atom. The number of allylic oxidation sites excluding steroid dienone is 2. The Kier molecular flexibility index (Phi) is 11.0. The number of rotatable bonds is 7. The third-order valence-corrected chi connectivity index (χ3v) is 14.6. The first-order valence-electron chi connectivity index (χ1n) is 19.4. The summed E-state index contributed by atoms with van der Waals surface area (Å²) in [4.78, 5) is 13.3. The lowest BCUT2D eigenvalue weighted by atomic mass is 9.46. The molecule has 3 aliphatic heterocycles. The summed E-state index contributed by atoms with van der Waals surface area (Å²) in [6, 6.07) is 0. The Bertz CT molecular complexity index is 1370. The van der Waals surface area contributed by atoms with Gasteiger partial charge in [-0.3, -0.25) is 0 Å². The lowest BCUT2D eigenvalue weighted by molar-refractivity contribution is -0.369. The van der Waals surface area contributed by atoms with Crippen LogP contribution >= 0.6 is 0 Å². The molecule has 7 rings (SSSR count). The SMILES string of the molecule is CC(C)=C[C@@H]1[C@@H](C)[C@H]2[C@H](C[C@H]3[C@@H]4CC=C5C[C@@H](O[C@@H]6O[C@H](CO)[C@@H](O)[C@H](O)[C@H]6O[C@@H]6O[C@H](C)[C@H](O)[C@@H](O)[C@H]6O)CC[C@]5(C)[C@H]4CC[C@]23C=O)O[C@H]1O. The van der Waals surface area contributed by atoms with E-state index in [1.807, 2.05) is 13.8 Å². The lowest BCUT2D eigenvalue weighted by Gasteiger charge is -2.58. The van der Waals surface area contributed by atoms with Crippen LogP contribution in [0.25, 0.3) is 0 Å². The van der Waals surface area contributed by atoms with E-state index in [1.165, 1.54) is 18.8 Å². The molecule has 0 bridgehead atoms. The highest BCUT2D eigenvalue weighted by Gasteiger charge is 2.66. The second-order valence-corrected chi connectivity index (χ2v) is 17.5. The van der Waals surface area contributed by atoms with Gasteiger partial charge in [-0.05, 0) is 94.8 Å². The van der Waals surface area contributed by atoms with Crippen LogP contribution in [0.1, 0.15) is 79.6 Å². The molecule has 6 fully saturated rings. The molecular formula is C39H60O13. The monoisotopic (exact) mass is 736 g/mol. The summed E-state index contributed by atoms with van der Waals surface area (Å²) in [5.74, 6) is 0.863. The number of hydrogen-bond donors (Lipinski definition) is 7. The van der Waals surface area contributed by atoms with Crippen molar-refractivity contribution in [3.63, 3.8) is 0 Å². The Labute approximate surface area is 305 Å². The molecule has 3 saturated carbocycles. The van der Waals surface area contributed by atoms with E-state index in [-0.39, 0.29) is 41.3 Å². The van der Waals surface area contributed by atoms with Crippen LogP contribution in [0, 0.1) is 46.3 Å². The van der Waals surface area contributed by atoms with Crippen molar-refractivity contribution in [1.82, 2.24) is 0 Å². The van der Waals surface area contributed by atoms with Gasteiger partial charge in [0.05, 0.1) is 24.9 Å².